The van der Waals surface area contributed by atoms with Crippen molar-refractivity contribution in [1.82, 2.24) is 9.80 Å². The van der Waals surface area contributed by atoms with Gasteiger partial charge in [0.25, 0.3) is 0 Å². The molecule has 0 saturated carbocycles. The Kier molecular flexibility index (Phi) is 5.06. The Morgan fingerprint density at radius 2 is 2.33 bits per heavy atom. The van der Waals surface area contributed by atoms with E-state index >= 15 is 0 Å². The Labute approximate surface area is 101 Å². The Balaban J connectivity index is 2.28. The van der Waals surface area contributed by atoms with Gasteiger partial charge < -0.3 is 9.80 Å². The van der Waals surface area contributed by atoms with Crippen LogP contribution in [0.15, 0.2) is 0 Å². The second-order valence-electron chi connectivity index (χ2n) is 4.32. The van der Waals surface area contributed by atoms with Gasteiger partial charge in [-0.1, -0.05) is 22.9 Å². The van der Waals surface area contributed by atoms with Crippen LogP contribution in [-0.4, -0.2) is 53.3 Å². The lowest BCUT2D eigenvalue weighted by Gasteiger charge is -2.26. The number of likely N-dealkylation sites (N-methyl/N-ethyl adjacent to an activating group) is 1. The summed E-state index contributed by atoms with van der Waals surface area (Å²) in [7, 11) is 2.13. The largest absolute Gasteiger partial charge is 0.340 e. The molecule has 0 aromatic carbocycles. The van der Waals surface area contributed by atoms with Crippen LogP contribution < -0.4 is 0 Å². The van der Waals surface area contributed by atoms with Gasteiger partial charge in [0, 0.05) is 25.7 Å². The van der Waals surface area contributed by atoms with Crippen LogP contribution in [0.4, 0.5) is 0 Å². The number of amides is 1. The molecule has 1 aliphatic heterocycles. The van der Waals surface area contributed by atoms with E-state index in [1.807, 2.05) is 4.90 Å². The number of rotatable bonds is 5. The van der Waals surface area contributed by atoms with Gasteiger partial charge in [0.05, 0.1) is 4.83 Å². The van der Waals surface area contributed by atoms with Crippen molar-refractivity contribution >= 4 is 21.8 Å². The number of likely N-dealkylation sites (tertiary alicyclic amines) is 1. The van der Waals surface area contributed by atoms with E-state index in [9.17, 15) is 4.79 Å². The fourth-order valence-electron chi connectivity index (χ4n) is 1.73. The van der Waals surface area contributed by atoms with Gasteiger partial charge in [0.15, 0.2) is 0 Å². The Hall–Kier alpha value is -0.0900. The third kappa shape index (κ3) is 3.45. The highest BCUT2D eigenvalue weighted by Gasteiger charge is 2.29. The van der Waals surface area contributed by atoms with Crippen molar-refractivity contribution in [2.24, 2.45) is 0 Å². The van der Waals surface area contributed by atoms with Crippen LogP contribution in [0.2, 0.25) is 0 Å². The maximum Gasteiger partial charge on any atom is 0.236 e. The van der Waals surface area contributed by atoms with Crippen LogP contribution in [0, 0.1) is 0 Å². The molecule has 0 aliphatic carbocycles. The van der Waals surface area contributed by atoms with Crippen molar-refractivity contribution in [3.8, 4) is 0 Å². The molecule has 15 heavy (non-hydrogen) atoms. The van der Waals surface area contributed by atoms with E-state index < -0.39 is 0 Å². The molecule has 1 heterocycles. The molecule has 0 aromatic rings. The Morgan fingerprint density at radius 3 is 2.80 bits per heavy atom. The van der Waals surface area contributed by atoms with E-state index in [-0.39, 0.29) is 10.7 Å². The molecule has 1 fully saturated rings. The summed E-state index contributed by atoms with van der Waals surface area (Å²) in [6.45, 7) is 7.15. The summed E-state index contributed by atoms with van der Waals surface area (Å²) in [6.07, 6.45) is 2.11. The van der Waals surface area contributed by atoms with Crippen LogP contribution >= 0.6 is 15.9 Å². The first-order valence-corrected chi connectivity index (χ1v) is 6.61. The SMILES string of the molecule is CCC(C)N(C)CCN1CCC(Br)C1=O. The molecule has 1 rings (SSSR count). The van der Waals surface area contributed by atoms with Crippen LogP contribution in [0.25, 0.3) is 0 Å². The van der Waals surface area contributed by atoms with Gasteiger partial charge in [-0.05, 0) is 26.8 Å². The topological polar surface area (TPSA) is 23.6 Å². The predicted molar refractivity (Wildman–Crippen MR) is 66.3 cm³/mol. The van der Waals surface area contributed by atoms with Gasteiger partial charge in [0.1, 0.15) is 0 Å². The van der Waals surface area contributed by atoms with Crippen LogP contribution in [0.1, 0.15) is 26.7 Å². The number of carbonyl (C=O) groups is 1. The van der Waals surface area contributed by atoms with Gasteiger partial charge in [0.2, 0.25) is 5.91 Å². The van der Waals surface area contributed by atoms with Crippen molar-refractivity contribution in [3.05, 3.63) is 0 Å². The van der Waals surface area contributed by atoms with Crippen molar-refractivity contribution in [2.45, 2.75) is 37.6 Å². The average molecular weight is 277 g/mol. The van der Waals surface area contributed by atoms with Crippen molar-refractivity contribution < 1.29 is 4.79 Å². The standard InChI is InChI=1S/C11H21BrN2O/c1-4-9(2)13(3)7-8-14-6-5-10(12)11(14)15/h9-10H,4-8H2,1-3H3. The lowest BCUT2D eigenvalue weighted by molar-refractivity contribution is -0.127. The summed E-state index contributed by atoms with van der Waals surface area (Å²) in [5.41, 5.74) is 0. The highest BCUT2D eigenvalue weighted by molar-refractivity contribution is 9.10. The third-order valence-corrected chi connectivity index (χ3v) is 4.15. The number of carbonyl (C=O) groups excluding carboxylic acids is 1. The molecular weight excluding hydrogens is 256 g/mol. The van der Waals surface area contributed by atoms with Crippen LogP contribution in [-0.2, 0) is 4.79 Å². The molecule has 0 bridgehead atoms. The second-order valence-corrected chi connectivity index (χ2v) is 5.42. The average Bonchev–Trinajstić information content (AvgIpc) is 2.55. The predicted octanol–water partition coefficient (Wildman–Crippen LogP) is 1.71. The van der Waals surface area contributed by atoms with Gasteiger partial charge in [-0.25, -0.2) is 0 Å². The Morgan fingerprint density at radius 1 is 1.67 bits per heavy atom. The summed E-state index contributed by atoms with van der Waals surface area (Å²) in [5.74, 6) is 0.257. The molecule has 2 unspecified atom stereocenters. The summed E-state index contributed by atoms with van der Waals surface area (Å²) < 4.78 is 0. The van der Waals surface area contributed by atoms with E-state index in [0.29, 0.717) is 6.04 Å². The zero-order valence-electron chi connectivity index (χ0n) is 9.87. The van der Waals surface area contributed by atoms with Gasteiger partial charge in [-0.15, -0.1) is 0 Å². The molecule has 88 valence electrons. The van der Waals surface area contributed by atoms with Gasteiger partial charge in [-0.2, -0.15) is 0 Å². The van der Waals surface area contributed by atoms with Crippen LogP contribution in [0.5, 0.6) is 0 Å². The molecule has 0 aromatic heterocycles. The Bertz CT molecular complexity index is 223. The van der Waals surface area contributed by atoms with Crippen molar-refractivity contribution in [3.63, 3.8) is 0 Å². The van der Waals surface area contributed by atoms with E-state index in [0.717, 1.165) is 32.5 Å². The van der Waals surface area contributed by atoms with Crippen LogP contribution in [0.3, 0.4) is 0 Å². The molecule has 1 amide bonds. The first-order valence-electron chi connectivity index (χ1n) is 5.69. The zero-order chi connectivity index (χ0) is 11.4. The van der Waals surface area contributed by atoms with E-state index in [4.69, 9.17) is 0 Å². The normalized spacial score (nSPS) is 23.9. The third-order valence-electron chi connectivity index (χ3n) is 3.30. The molecule has 4 heteroatoms. The highest BCUT2D eigenvalue weighted by Crippen LogP contribution is 2.17. The first-order chi connectivity index (χ1) is 7.06. The number of hydrogen-bond acceptors (Lipinski definition) is 2. The molecule has 1 aliphatic rings. The lowest BCUT2D eigenvalue weighted by atomic mass is 10.2. The van der Waals surface area contributed by atoms with Crippen molar-refractivity contribution in [1.29, 1.82) is 0 Å². The minimum absolute atomic E-state index is 0.0615. The van der Waals surface area contributed by atoms with Gasteiger partial charge in [-0.3, -0.25) is 4.79 Å². The molecule has 1 saturated heterocycles. The number of nitrogens with zero attached hydrogens (tertiary/aromatic N) is 2. The van der Waals surface area contributed by atoms with Gasteiger partial charge >= 0.3 is 0 Å². The molecule has 0 radical (unpaired) electrons. The maximum atomic E-state index is 11.6. The fraction of sp³-hybridized carbons (Fsp3) is 0.909. The summed E-state index contributed by atoms with van der Waals surface area (Å²) >= 11 is 3.39. The molecular formula is C11H21BrN2O. The molecule has 0 spiro atoms. The highest BCUT2D eigenvalue weighted by atomic mass is 79.9. The van der Waals surface area contributed by atoms with Crippen molar-refractivity contribution in [2.75, 3.05) is 26.7 Å². The molecule has 0 N–H and O–H groups in total. The minimum atomic E-state index is 0.0615. The molecule has 3 nitrogen and oxygen atoms in total. The smallest absolute Gasteiger partial charge is 0.236 e. The van der Waals surface area contributed by atoms with E-state index in [1.54, 1.807) is 0 Å². The monoisotopic (exact) mass is 276 g/mol. The zero-order valence-corrected chi connectivity index (χ0v) is 11.5. The maximum absolute atomic E-state index is 11.6. The number of halogens is 1. The number of alkyl halides is 1. The van der Waals surface area contributed by atoms with E-state index in [2.05, 4.69) is 41.7 Å². The summed E-state index contributed by atoms with van der Waals surface area (Å²) in [4.78, 5) is 16.0. The fourth-order valence-corrected chi connectivity index (χ4v) is 2.23. The summed E-state index contributed by atoms with van der Waals surface area (Å²) in [5, 5.41) is 0. The van der Waals surface area contributed by atoms with E-state index in [1.165, 1.54) is 0 Å². The second kappa shape index (κ2) is 5.85. The quantitative estimate of drug-likeness (QED) is 0.714. The first kappa shape index (κ1) is 13.0. The lowest BCUT2D eigenvalue weighted by Crippen LogP contribution is -2.38. The molecule has 2 atom stereocenters. The minimum Gasteiger partial charge on any atom is -0.340 e. The summed E-state index contributed by atoms with van der Waals surface area (Å²) in [6, 6.07) is 0.600. The number of hydrogen-bond donors (Lipinski definition) is 0.